The molecule has 0 radical (unpaired) electrons. The Labute approximate surface area is 91.6 Å². The molecule has 1 heterocycles. The summed E-state index contributed by atoms with van der Waals surface area (Å²) in [5.74, 6) is 6.22. The Morgan fingerprint density at radius 3 is 3.07 bits per heavy atom. The van der Waals surface area contributed by atoms with Crippen molar-refractivity contribution < 1.29 is 0 Å². The molecule has 1 aromatic carbocycles. The monoisotopic (exact) mass is 247 g/mol. The quantitative estimate of drug-likeness (QED) is 0.588. The van der Waals surface area contributed by atoms with Crippen LogP contribution in [0.3, 0.4) is 0 Å². The highest BCUT2D eigenvalue weighted by Crippen LogP contribution is 2.13. The van der Waals surface area contributed by atoms with Crippen LogP contribution in [0.1, 0.15) is 12.0 Å². The topological polar surface area (TPSA) is 15.8 Å². The average molecular weight is 248 g/mol. The minimum absolute atomic E-state index is 0.892. The van der Waals surface area contributed by atoms with Gasteiger partial charge in [0.15, 0.2) is 0 Å². The maximum Gasteiger partial charge on any atom is 0.0466 e. The van der Waals surface area contributed by atoms with Gasteiger partial charge in [0, 0.05) is 29.0 Å². The van der Waals surface area contributed by atoms with E-state index in [1.807, 2.05) is 6.20 Å². The van der Waals surface area contributed by atoms with Gasteiger partial charge in [0.25, 0.3) is 0 Å². The van der Waals surface area contributed by atoms with Crippen LogP contribution in [-0.2, 0) is 0 Å². The molecule has 70 valence electrons. The number of hydrogen-bond donors (Lipinski definition) is 1. The number of halogens is 1. The van der Waals surface area contributed by atoms with E-state index < -0.39 is 0 Å². The Bertz CT molecular complexity index is 487. The Kier molecular flexibility index (Phi) is 2.90. The largest absolute Gasteiger partial charge is 0.361 e. The molecular weight excluding hydrogens is 238 g/mol. The van der Waals surface area contributed by atoms with Gasteiger partial charge in [-0.2, -0.15) is 0 Å². The standard InChI is InChI=1S/C12H10BrN/c13-7-2-1-3-10-4-5-11-6-8-14-12(11)9-10/h4-6,8-9,14H,2,7H2. The van der Waals surface area contributed by atoms with Gasteiger partial charge in [-0.15, -0.1) is 0 Å². The van der Waals surface area contributed by atoms with Crippen LogP contribution in [0, 0.1) is 11.8 Å². The Hall–Kier alpha value is -1.20. The van der Waals surface area contributed by atoms with Crippen LogP contribution in [0.15, 0.2) is 30.5 Å². The van der Waals surface area contributed by atoms with Gasteiger partial charge in [-0.1, -0.05) is 33.8 Å². The average Bonchev–Trinajstić information content (AvgIpc) is 2.65. The normalized spacial score (nSPS) is 9.79. The van der Waals surface area contributed by atoms with Crippen LogP contribution in [-0.4, -0.2) is 10.3 Å². The molecule has 0 fully saturated rings. The lowest BCUT2D eigenvalue weighted by atomic mass is 10.2. The van der Waals surface area contributed by atoms with Crippen molar-refractivity contribution in [2.24, 2.45) is 0 Å². The summed E-state index contributed by atoms with van der Waals surface area (Å²) >= 11 is 3.35. The van der Waals surface area contributed by atoms with Gasteiger partial charge in [-0.25, -0.2) is 0 Å². The molecule has 1 nitrogen and oxygen atoms in total. The van der Waals surface area contributed by atoms with Crippen molar-refractivity contribution in [3.05, 3.63) is 36.0 Å². The van der Waals surface area contributed by atoms with Crippen molar-refractivity contribution in [1.82, 2.24) is 4.98 Å². The summed E-state index contributed by atoms with van der Waals surface area (Å²) in [6.07, 6.45) is 2.84. The number of hydrogen-bond acceptors (Lipinski definition) is 0. The second-order valence-corrected chi connectivity index (χ2v) is 3.81. The van der Waals surface area contributed by atoms with Gasteiger partial charge in [-0.05, 0) is 23.6 Å². The predicted octanol–water partition coefficient (Wildman–Crippen LogP) is 3.30. The first kappa shape index (κ1) is 9.36. The number of benzene rings is 1. The highest BCUT2D eigenvalue weighted by atomic mass is 79.9. The van der Waals surface area contributed by atoms with E-state index >= 15 is 0 Å². The van der Waals surface area contributed by atoms with E-state index in [1.54, 1.807) is 0 Å². The van der Waals surface area contributed by atoms with Crippen molar-refractivity contribution in [3.8, 4) is 11.8 Å². The molecule has 0 unspecified atom stereocenters. The fourth-order valence-electron chi connectivity index (χ4n) is 1.34. The van der Waals surface area contributed by atoms with Crippen LogP contribution in [0.4, 0.5) is 0 Å². The van der Waals surface area contributed by atoms with Crippen LogP contribution in [0.25, 0.3) is 10.9 Å². The van der Waals surface area contributed by atoms with Gasteiger partial charge in [-0.3, -0.25) is 0 Å². The van der Waals surface area contributed by atoms with Crippen LogP contribution in [0.5, 0.6) is 0 Å². The smallest absolute Gasteiger partial charge is 0.0466 e. The lowest BCUT2D eigenvalue weighted by molar-refractivity contribution is 1.32. The highest BCUT2D eigenvalue weighted by Gasteiger charge is 1.93. The first-order valence-electron chi connectivity index (χ1n) is 4.52. The zero-order valence-electron chi connectivity index (χ0n) is 7.68. The molecule has 0 aliphatic carbocycles. The fraction of sp³-hybridized carbons (Fsp3) is 0.167. The molecule has 0 spiro atoms. The molecule has 0 saturated heterocycles. The minimum atomic E-state index is 0.892. The first-order valence-corrected chi connectivity index (χ1v) is 5.64. The van der Waals surface area contributed by atoms with Gasteiger partial charge in [0.2, 0.25) is 0 Å². The van der Waals surface area contributed by atoms with E-state index in [0.717, 1.165) is 22.8 Å². The van der Waals surface area contributed by atoms with Crippen molar-refractivity contribution in [2.75, 3.05) is 5.33 Å². The van der Waals surface area contributed by atoms with E-state index in [4.69, 9.17) is 0 Å². The molecular formula is C12H10BrN. The van der Waals surface area contributed by atoms with Crippen molar-refractivity contribution in [2.45, 2.75) is 6.42 Å². The summed E-state index contributed by atoms with van der Waals surface area (Å²) in [7, 11) is 0. The van der Waals surface area contributed by atoms with Crippen LogP contribution >= 0.6 is 15.9 Å². The van der Waals surface area contributed by atoms with Crippen molar-refractivity contribution >= 4 is 26.8 Å². The summed E-state index contributed by atoms with van der Waals surface area (Å²) in [6.45, 7) is 0. The number of nitrogens with one attached hydrogen (secondary N) is 1. The molecule has 2 heteroatoms. The van der Waals surface area contributed by atoms with Crippen molar-refractivity contribution in [3.63, 3.8) is 0 Å². The Morgan fingerprint density at radius 1 is 1.29 bits per heavy atom. The molecule has 1 N–H and O–H groups in total. The van der Waals surface area contributed by atoms with Gasteiger partial charge >= 0.3 is 0 Å². The fourth-order valence-corrected chi connectivity index (χ4v) is 1.54. The molecule has 1 aromatic heterocycles. The van der Waals surface area contributed by atoms with E-state index in [2.05, 4.69) is 57.0 Å². The molecule has 0 aliphatic heterocycles. The van der Waals surface area contributed by atoms with Gasteiger partial charge in [0.05, 0.1) is 0 Å². The molecule has 0 bridgehead atoms. The number of alkyl halides is 1. The predicted molar refractivity (Wildman–Crippen MR) is 63.6 cm³/mol. The summed E-state index contributed by atoms with van der Waals surface area (Å²) < 4.78 is 0. The molecule has 14 heavy (non-hydrogen) atoms. The van der Waals surface area contributed by atoms with Gasteiger partial charge in [0.1, 0.15) is 0 Å². The number of rotatable bonds is 1. The summed E-state index contributed by atoms with van der Waals surface area (Å²) in [5.41, 5.74) is 2.22. The lowest BCUT2D eigenvalue weighted by Crippen LogP contribution is -1.75. The maximum atomic E-state index is 3.35. The van der Waals surface area contributed by atoms with E-state index in [9.17, 15) is 0 Å². The molecule has 0 amide bonds. The third-order valence-corrected chi connectivity index (χ3v) is 2.40. The highest BCUT2D eigenvalue weighted by molar-refractivity contribution is 9.09. The number of fused-ring (bicyclic) bond motifs is 1. The third-order valence-electron chi connectivity index (χ3n) is 2.01. The Balaban J connectivity index is 2.31. The zero-order valence-corrected chi connectivity index (χ0v) is 9.26. The first-order chi connectivity index (χ1) is 6.90. The van der Waals surface area contributed by atoms with Gasteiger partial charge < -0.3 is 4.98 Å². The summed E-state index contributed by atoms with van der Waals surface area (Å²) in [5, 5.41) is 2.17. The van der Waals surface area contributed by atoms with Crippen LogP contribution in [0.2, 0.25) is 0 Å². The summed E-state index contributed by atoms with van der Waals surface area (Å²) in [6, 6.07) is 8.28. The Morgan fingerprint density at radius 2 is 2.21 bits per heavy atom. The SMILES string of the molecule is BrCCC#Cc1ccc2cc[nH]c2c1. The van der Waals surface area contributed by atoms with E-state index in [-0.39, 0.29) is 0 Å². The lowest BCUT2D eigenvalue weighted by Gasteiger charge is -1.91. The van der Waals surface area contributed by atoms with E-state index in [1.165, 1.54) is 5.39 Å². The third kappa shape index (κ3) is 2.00. The van der Waals surface area contributed by atoms with Crippen LogP contribution < -0.4 is 0 Å². The minimum Gasteiger partial charge on any atom is -0.361 e. The molecule has 2 aromatic rings. The second-order valence-electron chi connectivity index (χ2n) is 3.02. The molecule has 0 saturated carbocycles. The molecule has 2 rings (SSSR count). The zero-order chi connectivity index (χ0) is 9.80. The number of H-pyrrole nitrogens is 1. The number of aromatic amines is 1. The van der Waals surface area contributed by atoms with Crippen molar-refractivity contribution in [1.29, 1.82) is 0 Å². The molecule has 0 aliphatic rings. The van der Waals surface area contributed by atoms with E-state index in [0.29, 0.717) is 0 Å². The second kappa shape index (κ2) is 4.34. The molecule has 0 atom stereocenters. The summed E-state index contributed by atoms with van der Waals surface area (Å²) in [4.78, 5) is 3.17. The number of aromatic nitrogens is 1. The maximum absolute atomic E-state index is 3.35.